The van der Waals surface area contributed by atoms with Crippen LogP contribution in [0.2, 0.25) is 0 Å². The number of rotatable bonds is 3. The van der Waals surface area contributed by atoms with E-state index in [-0.39, 0.29) is 0 Å². The van der Waals surface area contributed by atoms with Gasteiger partial charge in [-0.15, -0.1) is 0 Å². The van der Waals surface area contributed by atoms with Crippen LogP contribution in [0.15, 0.2) is 30.3 Å². The molecule has 0 fully saturated rings. The van der Waals surface area contributed by atoms with Crippen LogP contribution in [0, 0.1) is 0 Å². The van der Waals surface area contributed by atoms with Gasteiger partial charge in [-0.25, -0.2) is 4.79 Å². The van der Waals surface area contributed by atoms with Crippen LogP contribution in [0.25, 0.3) is 0 Å². The Balaban J connectivity index is 2.74. The van der Waals surface area contributed by atoms with Crippen molar-refractivity contribution in [2.24, 2.45) is 0 Å². The standard InChI is InChI=1S/C14H21NO3/c1-10(16)12(11-8-6-5-7-9-11)15-13(17)18-14(2,3)4/h5-10,12,16H,1-4H3,(H,15,17). The van der Waals surface area contributed by atoms with Gasteiger partial charge in [-0.1, -0.05) is 30.3 Å². The van der Waals surface area contributed by atoms with Crippen LogP contribution < -0.4 is 5.32 Å². The highest BCUT2D eigenvalue weighted by atomic mass is 16.6. The quantitative estimate of drug-likeness (QED) is 0.868. The third-order valence-corrected chi connectivity index (χ3v) is 2.31. The van der Waals surface area contributed by atoms with Gasteiger partial charge in [0.2, 0.25) is 0 Å². The van der Waals surface area contributed by atoms with Crippen LogP contribution in [0.1, 0.15) is 39.3 Å². The fourth-order valence-electron chi connectivity index (χ4n) is 1.58. The summed E-state index contributed by atoms with van der Waals surface area (Å²) in [6.07, 6.45) is -1.22. The molecule has 2 N–H and O–H groups in total. The summed E-state index contributed by atoms with van der Waals surface area (Å²) < 4.78 is 5.18. The zero-order valence-electron chi connectivity index (χ0n) is 11.3. The summed E-state index contributed by atoms with van der Waals surface area (Å²) in [7, 11) is 0. The topological polar surface area (TPSA) is 58.6 Å². The zero-order chi connectivity index (χ0) is 13.8. The molecule has 100 valence electrons. The summed E-state index contributed by atoms with van der Waals surface area (Å²) in [5, 5.41) is 12.4. The van der Waals surface area contributed by atoms with E-state index in [1.165, 1.54) is 0 Å². The van der Waals surface area contributed by atoms with Crippen LogP contribution in [0.3, 0.4) is 0 Å². The third-order valence-electron chi connectivity index (χ3n) is 2.31. The van der Waals surface area contributed by atoms with E-state index >= 15 is 0 Å². The lowest BCUT2D eigenvalue weighted by atomic mass is 10.0. The van der Waals surface area contributed by atoms with E-state index in [0.717, 1.165) is 5.56 Å². The Hall–Kier alpha value is -1.55. The van der Waals surface area contributed by atoms with E-state index < -0.39 is 23.8 Å². The maximum Gasteiger partial charge on any atom is 0.408 e. The van der Waals surface area contributed by atoms with Gasteiger partial charge >= 0.3 is 6.09 Å². The maximum atomic E-state index is 11.7. The van der Waals surface area contributed by atoms with Crippen molar-refractivity contribution in [3.8, 4) is 0 Å². The average molecular weight is 251 g/mol. The molecule has 1 amide bonds. The van der Waals surface area contributed by atoms with Gasteiger partial charge in [0.05, 0.1) is 12.1 Å². The summed E-state index contributed by atoms with van der Waals surface area (Å²) in [4.78, 5) is 11.7. The predicted octanol–water partition coefficient (Wildman–Crippen LogP) is 2.63. The molecule has 4 nitrogen and oxygen atoms in total. The Labute approximate surface area is 108 Å². The molecule has 0 heterocycles. The third kappa shape index (κ3) is 4.75. The molecule has 0 radical (unpaired) electrons. The normalized spacial score (nSPS) is 14.7. The van der Waals surface area contributed by atoms with Crippen molar-refractivity contribution >= 4 is 6.09 Å². The fourth-order valence-corrected chi connectivity index (χ4v) is 1.58. The molecule has 0 aliphatic heterocycles. The Kier molecular flexibility index (Phi) is 4.73. The van der Waals surface area contributed by atoms with Crippen molar-refractivity contribution in [1.29, 1.82) is 0 Å². The Bertz CT molecular complexity index is 382. The van der Waals surface area contributed by atoms with Gasteiger partial charge in [-0.05, 0) is 33.3 Å². The highest BCUT2D eigenvalue weighted by Crippen LogP contribution is 2.17. The number of benzene rings is 1. The number of nitrogens with one attached hydrogen (secondary N) is 1. The molecular formula is C14H21NO3. The van der Waals surface area contributed by atoms with E-state index in [1.54, 1.807) is 27.7 Å². The minimum Gasteiger partial charge on any atom is -0.444 e. The van der Waals surface area contributed by atoms with Gasteiger partial charge in [0.15, 0.2) is 0 Å². The lowest BCUT2D eigenvalue weighted by Crippen LogP contribution is -2.38. The van der Waals surface area contributed by atoms with Gasteiger partial charge in [0.1, 0.15) is 5.60 Å². The predicted molar refractivity (Wildman–Crippen MR) is 70.2 cm³/mol. The van der Waals surface area contributed by atoms with Crippen molar-refractivity contribution in [2.75, 3.05) is 0 Å². The molecule has 0 bridgehead atoms. The number of aliphatic hydroxyl groups excluding tert-OH is 1. The molecule has 18 heavy (non-hydrogen) atoms. The molecule has 0 aliphatic rings. The summed E-state index contributed by atoms with van der Waals surface area (Å²) >= 11 is 0. The molecule has 0 aromatic heterocycles. The molecule has 0 saturated carbocycles. The largest absolute Gasteiger partial charge is 0.444 e. The number of hydrogen-bond acceptors (Lipinski definition) is 3. The molecule has 0 spiro atoms. The van der Waals surface area contributed by atoms with E-state index in [2.05, 4.69) is 5.32 Å². The van der Waals surface area contributed by atoms with Crippen molar-refractivity contribution in [3.63, 3.8) is 0 Å². The van der Waals surface area contributed by atoms with Gasteiger partial charge in [-0.3, -0.25) is 0 Å². The monoisotopic (exact) mass is 251 g/mol. The van der Waals surface area contributed by atoms with Crippen LogP contribution >= 0.6 is 0 Å². The van der Waals surface area contributed by atoms with Crippen molar-refractivity contribution < 1.29 is 14.6 Å². The Morgan fingerprint density at radius 1 is 1.28 bits per heavy atom. The lowest BCUT2D eigenvalue weighted by Gasteiger charge is -2.25. The summed E-state index contributed by atoms with van der Waals surface area (Å²) in [6, 6.07) is 8.85. The first-order chi connectivity index (χ1) is 8.29. The molecule has 1 aromatic rings. The van der Waals surface area contributed by atoms with Gasteiger partial charge in [0, 0.05) is 0 Å². The molecule has 1 aromatic carbocycles. The Morgan fingerprint density at radius 3 is 2.28 bits per heavy atom. The number of carbonyl (C=O) groups is 1. The first kappa shape index (κ1) is 14.5. The number of carbonyl (C=O) groups excluding carboxylic acids is 1. The maximum absolute atomic E-state index is 11.7. The van der Waals surface area contributed by atoms with Gasteiger partial charge < -0.3 is 15.2 Å². The highest BCUT2D eigenvalue weighted by Gasteiger charge is 2.23. The number of aliphatic hydroxyl groups is 1. The minimum atomic E-state index is -0.695. The van der Waals surface area contributed by atoms with E-state index in [9.17, 15) is 9.90 Å². The van der Waals surface area contributed by atoms with Gasteiger partial charge in [-0.2, -0.15) is 0 Å². The van der Waals surface area contributed by atoms with Crippen LogP contribution in [0.4, 0.5) is 4.79 Å². The second-order valence-corrected chi connectivity index (χ2v) is 5.28. The van der Waals surface area contributed by atoms with Crippen LogP contribution in [-0.2, 0) is 4.74 Å². The van der Waals surface area contributed by atoms with Crippen LogP contribution in [0.5, 0.6) is 0 Å². The molecule has 2 unspecified atom stereocenters. The first-order valence-corrected chi connectivity index (χ1v) is 6.02. The van der Waals surface area contributed by atoms with Crippen LogP contribution in [-0.4, -0.2) is 22.9 Å². The molecular weight excluding hydrogens is 230 g/mol. The van der Waals surface area contributed by atoms with Crippen molar-refractivity contribution in [2.45, 2.75) is 45.4 Å². The SMILES string of the molecule is CC(O)C(NC(=O)OC(C)(C)C)c1ccccc1. The smallest absolute Gasteiger partial charge is 0.408 e. The number of alkyl carbamates (subject to hydrolysis) is 1. The molecule has 4 heteroatoms. The number of amides is 1. The van der Waals surface area contributed by atoms with Crippen molar-refractivity contribution in [1.82, 2.24) is 5.32 Å². The zero-order valence-corrected chi connectivity index (χ0v) is 11.3. The summed E-state index contributed by atoms with van der Waals surface area (Å²) in [5.74, 6) is 0. The molecule has 0 aliphatic carbocycles. The second kappa shape index (κ2) is 5.87. The first-order valence-electron chi connectivity index (χ1n) is 6.02. The van der Waals surface area contributed by atoms with E-state index in [0.29, 0.717) is 0 Å². The minimum absolute atomic E-state index is 0.471. The second-order valence-electron chi connectivity index (χ2n) is 5.28. The average Bonchev–Trinajstić information content (AvgIpc) is 2.24. The number of hydrogen-bond donors (Lipinski definition) is 2. The van der Waals surface area contributed by atoms with E-state index in [1.807, 2.05) is 30.3 Å². The molecule has 2 atom stereocenters. The summed E-state index contributed by atoms with van der Waals surface area (Å²) in [5.41, 5.74) is 0.294. The van der Waals surface area contributed by atoms with Crippen molar-refractivity contribution in [3.05, 3.63) is 35.9 Å². The molecule has 0 saturated heterocycles. The lowest BCUT2D eigenvalue weighted by molar-refractivity contribution is 0.0436. The highest BCUT2D eigenvalue weighted by molar-refractivity contribution is 5.68. The van der Waals surface area contributed by atoms with E-state index in [4.69, 9.17) is 4.74 Å². The number of ether oxygens (including phenoxy) is 1. The summed E-state index contributed by atoms with van der Waals surface area (Å²) in [6.45, 7) is 7.03. The fraction of sp³-hybridized carbons (Fsp3) is 0.500. The van der Waals surface area contributed by atoms with Gasteiger partial charge in [0.25, 0.3) is 0 Å². The molecule has 1 rings (SSSR count). The Morgan fingerprint density at radius 2 is 1.83 bits per heavy atom.